The second kappa shape index (κ2) is 6.03. The number of anilines is 2. The summed E-state index contributed by atoms with van der Waals surface area (Å²) in [5, 5.41) is 10.3. The molecule has 1 N–H and O–H groups in total. The Bertz CT molecular complexity index is 773. The van der Waals surface area contributed by atoms with Gasteiger partial charge in [-0.1, -0.05) is 11.6 Å². The highest BCUT2D eigenvalue weighted by Gasteiger charge is 2.31. The largest absolute Gasteiger partial charge is 0.393 e. The molecule has 24 heavy (non-hydrogen) atoms. The van der Waals surface area contributed by atoms with Crippen molar-refractivity contribution in [3.05, 3.63) is 46.7 Å². The van der Waals surface area contributed by atoms with Crippen LogP contribution >= 0.6 is 11.6 Å². The Labute approximate surface area is 144 Å². The van der Waals surface area contributed by atoms with Gasteiger partial charge in [0.05, 0.1) is 23.9 Å². The van der Waals surface area contributed by atoms with E-state index in [1.54, 1.807) is 23.2 Å². The van der Waals surface area contributed by atoms with Gasteiger partial charge in [0.2, 0.25) is 5.95 Å². The second-order valence-corrected chi connectivity index (χ2v) is 6.55. The summed E-state index contributed by atoms with van der Waals surface area (Å²) >= 11 is 5.91. The normalized spacial score (nSPS) is 18.2. The highest BCUT2D eigenvalue weighted by Crippen LogP contribution is 2.29. The van der Waals surface area contributed by atoms with Gasteiger partial charge in [-0.05, 0) is 37.1 Å². The molecule has 0 aliphatic carbocycles. The molecule has 124 valence electrons. The van der Waals surface area contributed by atoms with E-state index in [1.165, 1.54) is 0 Å². The van der Waals surface area contributed by atoms with Crippen molar-refractivity contribution >= 4 is 29.1 Å². The number of halogens is 1. The van der Waals surface area contributed by atoms with E-state index in [0.717, 1.165) is 37.3 Å². The fraction of sp³-hybridized carbons (Fsp3) is 0.353. The van der Waals surface area contributed by atoms with Crippen LogP contribution in [0.25, 0.3) is 0 Å². The van der Waals surface area contributed by atoms with Gasteiger partial charge in [0.15, 0.2) is 0 Å². The summed E-state index contributed by atoms with van der Waals surface area (Å²) in [6.07, 6.45) is 2.81. The molecule has 1 amide bonds. The van der Waals surface area contributed by atoms with Crippen LogP contribution in [0.4, 0.5) is 11.6 Å². The van der Waals surface area contributed by atoms with Gasteiger partial charge in [0.1, 0.15) is 0 Å². The first-order chi connectivity index (χ1) is 11.6. The average Bonchev–Trinajstić information content (AvgIpc) is 2.92. The van der Waals surface area contributed by atoms with E-state index in [2.05, 4.69) is 14.9 Å². The Hall–Kier alpha value is -2.18. The summed E-state index contributed by atoms with van der Waals surface area (Å²) in [6.45, 7) is 1.89. The summed E-state index contributed by atoms with van der Waals surface area (Å²) in [5.41, 5.74) is 2.09. The summed E-state index contributed by atoms with van der Waals surface area (Å²) in [7, 11) is 0. The van der Waals surface area contributed by atoms with Crippen LogP contribution < -0.4 is 9.80 Å². The number of aromatic nitrogens is 2. The van der Waals surface area contributed by atoms with Crippen LogP contribution in [-0.4, -0.2) is 40.2 Å². The lowest BCUT2D eigenvalue weighted by atomic mass is 10.1. The highest BCUT2D eigenvalue weighted by atomic mass is 35.5. The molecule has 2 aliphatic rings. The van der Waals surface area contributed by atoms with E-state index in [-0.39, 0.29) is 12.0 Å². The Balaban J connectivity index is 1.58. The molecule has 1 aromatic heterocycles. The first-order valence-electron chi connectivity index (χ1n) is 7.98. The van der Waals surface area contributed by atoms with E-state index in [0.29, 0.717) is 23.1 Å². The van der Waals surface area contributed by atoms with Crippen molar-refractivity contribution in [3.8, 4) is 0 Å². The topological polar surface area (TPSA) is 69.6 Å². The van der Waals surface area contributed by atoms with E-state index < -0.39 is 0 Å². The second-order valence-electron chi connectivity index (χ2n) is 6.12. The number of benzene rings is 1. The van der Waals surface area contributed by atoms with Crippen molar-refractivity contribution < 1.29 is 9.90 Å². The number of carbonyl (C=O) groups excluding carboxylic acids is 1. The number of fused-ring (bicyclic) bond motifs is 1. The molecule has 1 aromatic carbocycles. The van der Waals surface area contributed by atoms with E-state index in [1.807, 2.05) is 12.1 Å². The lowest BCUT2D eigenvalue weighted by molar-refractivity contribution is 0.0996. The molecule has 2 aliphatic heterocycles. The van der Waals surface area contributed by atoms with E-state index in [4.69, 9.17) is 11.6 Å². The van der Waals surface area contributed by atoms with Crippen molar-refractivity contribution in [2.75, 3.05) is 22.9 Å². The molecule has 3 heterocycles. The molecule has 0 saturated carbocycles. The van der Waals surface area contributed by atoms with Gasteiger partial charge in [-0.3, -0.25) is 4.79 Å². The van der Waals surface area contributed by atoms with Gasteiger partial charge >= 0.3 is 0 Å². The number of rotatable bonds is 2. The van der Waals surface area contributed by atoms with Crippen molar-refractivity contribution in [3.63, 3.8) is 0 Å². The van der Waals surface area contributed by atoms with Crippen LogP contribution in [-0.2, 0) is 6.54 Å². The van der Waals surface area contributed by atoms with Crippen molar-refractivity contribution in [2.45, 2.75) is 25.5 Å². The monoisotopic (exact) mass is 344 g/mol. The molecule has 0 atom stereocenters. The van der Waals surface area contributed by atoms with Crippen molar-refractivity contribution in [1.82, 2.24) is 9.97 Å². The lowest BCUT2D eigenvalue weighted by Crippen LogP contribution is -2.37. The molecular weight excluding hydrogens is 328 g/mol. The molecule has 4 rings (SSSR count). The van der Waals surface area contributed by atoms with Crippen LogP contribution in [0.15, 0.2) is 30.5 Å². The third kappa shape index (κ3) is 2.72. The van der Waals surface area contributed by atoms with Crippen LogP contribution in [0.1, 0.15) is 28.9 Å². The predicted octanol–water partition coefficient (Wildman–Crippen LogP) is 2.25. The van der Waals surface area contributed by atoms with Crippen LogP contribution in [0, 0.1) is 0 Å². The van der Waals surface area contributed by atoms with Gasteiger partial charge in [0.25, 0.3) is 5.91 Å². The number of carbonyl (C=O) groups is 1. The minimum absolute atomic E-state index is 0.0899. The molecule has 1 fully saturated rings. The maximum Gasteiger partial charge on any atom is 0.262 e. The molecule has 0 radical (unpaired) electrons. The molecule has 7 heteroatoms. The Morgan fingerprint density at radius 1 is 1.17 bits per heavy atom. The number of aliphatic hydroxyl groups is 1. The Kier molecular flexibility index (Phi) is 3.86. The fourth-order valence-corrected chi connectivity index (χ4v) is 3.25. The lowest BCUT2D eigenvalue weighted by Gasteiger charge is -2.29. The zero-order chi connectivity index (χ0) is 16.7. The molecule has 1 saturated heterocycles. The number of hydrogen-bond donors (Lipinski definition) is 1. The maximum atomic E-state index is 12.6. The van der Waals surface area contributed by atoms with Gasteiger partial charge in [0, 0.05) is 30.0 Å². The molecular formula is C17H17ClN4O2. The van der Waals surface area contributed by atoms with Crippen molar-refractivity contribution in [2.24, 2.45) is 0 Å². The Morgan fingerprint density at radius 2 is 1.88 bits per heavy atom. The molecule has 6 nitrogen and oxygen atoms in total. The standard InChI is InChI=1S/C17H17ClN4O2/c18-11-1-3-12(4-2-11)22-10-15-14(16(22)24)9-19-17(20-15)21-7-5-13(23)6-8-21/h1-4,9,13,23H,5-8,10H2. The number of piperidine rings is 1. The first kappa shape index (κ1) is 15.4. The summed E-state index contributed by atoms with van der Waals surface area (Å²) in [4.78, 5) is 25.3. The smallest absolute Gasteiger partial charge is 0.262 e. The highest BCUT2D eigenvalue weighted by molar-refractivity contribution is 6.30. The zero-order valence-corrected chi connectivity index (χ0v) is 13.8. The summed E-state index contributed by atoms with van der Waals surface area (Å²) in [5.74, 6) is 0.541. The minimum Gasteiger partial charge on any atom is -0.393 e. The van der Waals surface area contributed by atoms with E-state index in [9.17, 15) is 9.90 Å². The predicted molar refractivity (Wildman–Crippen MR) is 91.5 cm³/mol. The third-order valence-corrected chi connectivity index (χ3v) is 4.78. The number of aliphatic hydroxyl groups excluding tert-OH is 1. The fourth-order valence-electron chi connectivity index (χ4n) is 3.12. The summed E-state index contributed by atoms with van der Waals surface area (Å²) < 4.78 is 0. The molecule has 0 bridgehead atoms. The molecule has 2 aromatic rings. The van der Waals surface area contributed by atoms with Gasteiger partial charge in [-0.25, -0.2) is 9.97 Å². The Morgan fingerprint density at radius 3 is 2.58 bits per heavy atom. The number of amides is 1. The zero-order valence-electron chi connectivity index (χ0n) is 13.0. The number of nitrogens with zero attached hydrogens (tertiary/aromatic N) is 4. The molecule has 0 spiro atoms. The van der Waals surface area contributed by atoms with Crippen molar-refractivity contribution in [1.29, 1.82) is 0 Å². The van der Waals surface area contributed by atoms with Crippen LogP contribution in [0.5, 0.6) is 0 Å². The average molecular weight is 345 g/mol. The quantitative estimate of drug-likeness (QED) is 0.905. The number of hydrogen-bond acceptors (Lipinski definition) is 5. The van der Waals surface area contributed by atoms with Gasteiger partial charge in [-0.15, -0.1) is 0 Å². The summed E-state index contributed by atoms with van der Waals surface area (Å²) in [6, 6.07) is 7.19. The first-order valence-corrected chi connectivity index (χ1v) is 8.36. The van der Waals surface area contributed by atoms with Gasteiger partial charge < -0.3 is 14.9 Å². The maximum absolute atomic E-state index is 12.6. The van der Waals surface area contributed by atoms with Crippen LogP contribution in [0.3, 0.4) is 0 Å². The minimum atomic E-state index is -0.238. The SMILES string of the molecule is O=C1c2cnc(N3CCC(O)CC3)nc2CN1c1ccc(Cl)cc1. The van der Waals surface area contributed by atoms with Crippen LogP contribution in [0.2, 0.25) is 5.02 Å². The molecule has 0 unspecified atom stereocenters. The van der Waals surface area contributed by atoms with Gasteiger partial charge in [-0.2, -0.15) is 0 Å². The van der Waals surface area contributed by atoms with E-state index >= 15 is 0 Å². The third-order valence-electron chi connectivity index (χ3n) is 4.52.